The Labute approximate surface area is 108 Å². The molecule has 0 atom stereocenters. The lowest BCUT2D eigenvalue weighted by molar-refractivity contribution is -0.134. The second-order valence-corrected chi connectivity index (χ2v) is 4.96. The summed E-state index contributed by atoms with van der Waals surface area (Å²) in [7, 11) is 3.63. The average Bonchev–Trinajstić information content (AvgIpc) is 2.35. The molecule has 0 aromatic heterocycles. The van der Waals surface area contributed by atoms with E-state index >= 15 is 0 Å². The number of nitrogens with one attached hydrogen (secondary N) is 1. The standard InChI is InChI=1S/C14H21FN2O/c1-14(2,11-5-7-12(15)8-6-11)13(18)17(4)10-9-16-3/h5-8,16H,9-10H2,1-4H3. The van der Waals surface area contributed by atoms with Gasteiger partial charge in [-0.25, -0.2) is 4.39 Å². The van der Waals surface area contributed by atoms with Gasteiger partial charge < -0.3 is 10.2 Å². The van der Waals surface area contributed by atoms with Crippen molar-refractivity contribution in [1.29, 1.82) is 0 Å². The minimum Gasteiger partial charge on any atom is -0.344 e. The van der Waals surface area contributed by atoms with Gasteiger partial charge in [-0.15, -0.1) is 0 Å². The molecule has 1 aromatic carbocycles. The number of amides is 1. The Kier molecular flexibility index (Phi) is 4.84. The van der Waals surface area contributed by atoms with Crippen LogP contribution in [0.3, 0.4) is 0 Å². The molecule has 0 saturated heterocycles. The Morgan fingerprint density at radius 3 is 2.39 bits per heavy atom. The van der Waals surface area contributed by atoms with E-state index in [1.165, 1.54) is 12.1 Å². The van der Waals surface area contributed by atoms with Crippen LogP contribution in [0.5, 0.6) is 0 Å². The van der Waals surface area contributed by atoms with Crippen molar-refractivity contribution in [3.8, 4) is 0 Å². The minimum absolute atomic E-state index is 0.0318. The quantitative estimate of drug-likeness (QED) is 0.866. The fraction of sp³-hybridized carbons (Fsp3) is 0.500. The fourth-order valence-electron chi connectivity index (χ4n) is 1.85. The third kappa shape index (κ3) is 3.29. The van der Waals surface area contributed by atoms with Gasteiger partial charge in [-0.1, -0.05) is 12.1 Å². The molecule has 1 amide bonds. The third-order valence-electron chi connectivity index (χ3n) is 3.14. The number of carbonyl (C=O) groups excluding carboxylic acids is 1. The molecule has 0 aliphatic carbocycles. The summed E-state index contributed by atoms with van der Waals surface area (Å²) in [6.07, 6.45) is 0. The van der Waals surface area contributed by atoms with Gasteiger partial charge in [0.15, 0.2) is 0 Å². The van der Waals surface area contributed by atoms with Gasteiger partial charge in [-0.2, -0.15) is 0 Å². The normalized spacial score (nSPS) is 11.4. The number of rotatable bonds is 5. The maximum Gasteiger partial charge on any atom is 0.232 e. The maximum absolute atomic E-state index is 12.9. The maximum atomic E-state index is 12.9. The molecule has 1 N–H and O–H groups in total. The fourth-order valence-corrected chi connectivity index (χ4v) is 1.85. The number of carbonyl (C=O) groups is 1. The Bertz CT molecular complexity index is 401. The molecule has 1 aromatic rings. The molecule has 3 nitrogen and oxygen atoms in total. The van der Waals surface area contributed by atoms with Crippen LogP contribution in [0.2, 0.25) is 0 Å². The summed E-state index contributed by atoms with van der Waals surface area (Å²) in [6, 6.07) is 6.11. The van der Waals surface area contributed by atoms with Gasteiger partial charge in [-0.05, 0) is 38.6 Å². The molecule has 18 heavy (non-hydrogen) atoms. The van der Waals surface area contributed by atoms with Gasteiger partial charge in [-0.3, -0.25) is 4.79 Å². The Morgan fingerprint density at radius 2 is 1.89 bits per heavy atom. The van der Waals surface area contributed by atoms with Crippen molar-refractivity contribution in [1.82, 2.24) is 10.2 Å². The molecule has 1 rings (SSSR count). The minimum atomic E-state index is -0.643. The first-order valence-electron chi connectivity index (χ1n) is 6.06. The summed E-state index contributed by atoms with van der Waals surface area (Å²) in [6.45, 7) is 5.12. The zero-order valence-corrected chi connectivity index (χ0v) is 11.5. The molecular weight excluding hydrogens is 231 g/mol. The lowest BCUT2D eigenvalue weighted by Gasteiger charge is -2.29. The van der Waals surface area contributed by atoms with Crippen LogP contribution in [0.15, 0.2) is 24.3 Å². The molecule has 4 heteroatoms. The summed E-state index contributed by atoms with van der Waals surface area (Å²) in [4.78, 5) is 14.1. The van der Waals surface area contributed by atoms with Crippen LogP contribution in [-0.4, -0.2) is 38.0 Å². The van der Waals surface area contributed by atoms with Crippen molar-refractivity contribution in [2.75, 3.05) is 27.2 Å². The van der Waals surface area contributed by atoms with Gasteiger partial charge in [0.05, 0.1) is 5.41 Å². The van der Waals surface area contributed by atoms with Crippen LogP contribution in [-0.2, 0) is 10.2 Å². The van der Waals surface area contributed by atoms with E-state index in [0.717, 1.165) is 12.1 Å². The monoisotopic (exact) mass is 252 g/mol. The molecule has 0 fully saturated rings. The zero-order chi connectivity index (χ0) is 13.8. The summed E-state index contributed by atoms with van der Waals surface area (Å²) in [5.74, 6) is -0.255. The summed E-state index contributed by atoms with van der Waals surface area (Å²) >= 11 is 0. The number of halogens is 1. The topological polar surface area (TPSA) is 32.3 Å². The Balaban J connectivity index is 2.84. The van der Waals surface area contributed by atoms with E-state index in [9.17, 15) is 9.18 Å². The summed E-state index contributed by atoms with van der Waals surface area (Å²) in [5, 5.41) is 3.01. The first-order chi connectivity index (χ1) is 8.39. The van der Waals surface area contributed by atoms with Crippen molar-refractivity contribution in [3.05, 3.63) is 35.6 Å². The predicted molar refractivity (Wildman–Crippen MR) is 71.0 cm³/mol. The van der Waals surface area contributed by atoms with E-state index < -0.39 is 5.41 Å². The highest BCUT2D eigenvalue weighted by molar-refractivity contribution is 5.87. The summed E-state index contributed by atoms with van der Waals surface area (Å²) in [5.41, 5.74) is 0.182. The lowest BCUT2D eigenvalue weighted by Crippen LogP contribution is -2.43. The lowest BCUT2D eigenvalue weighted by atomic mass is 9.83. The second-order valence-electron chi connectivity index (χ2n) is 4.96. The molecule has 0 unspecified atom stereocenters. The van der Waals surface area contributed by atoms with E-state index in [4.69, 9.17) is 0 Å². The van der Waals surface area contributed by atoms with E-state index in [-0.39, 0.29) is 11.7 Å². The van der Waals surface area contributed by atoms with Crippen LogP contribution in [0.25, 0.3) is 0 Å². The van der Waals surface area contributed by atoms with Gasteiger partial charge in [0, 0.05) is 20.1 Å². The molecule has 0 aliphatic heterocycles. The Morgan fingerprint density at radius 1 is 1.33 bits per heavy atom. The number of likely N-dealkylation sites (N-methyl/N-ethyl adjacent to an activating group) is 2. The number of benzene rings is 1. The molecule has 0 heterocycles. The largest absolute Gasteiger partial charge is 0.344 e. The molecular formula is C14H21FN2O. The number of nitrogens with zero attached hydrogens (tertiary/aromatic N) is 1. The number of hydrogen-bond acceptors (Lipinski definition) is 2. The van der Waals surface area contributed by atoms with Gasteiger partial charge in [0.1, 0.15) is 5.82 Å². The van der Waals surface area contributed by atoms with E-state index in [0.29, 0.717) is 6.54 Å². The van der Waals surface area contributed by atoms with Crippen molar-refractivity contribution >= 4 is 5.91 Å². The molecule has 0 radical (unpaired) electrons. The molecule has 0 aliphatic rings. The third-order valence-corrected chi connectivity index (χ3v) is 3.14. The molecule has 0 spiro atoms. The van der Waals surface area contributed by atoms with Crippen LogP contribution in [0.1, 0.15) is 19.4 Å². The van der Waals surface area contributed by atoms with Crippen molar-refractivity contribution in [2.45, 2.75) is 19.3 Å². The highest BCUT2D eigenvalue weighted by atomic mass is 19.1. The molecule has 0 bridgehead atoms. The number of hydrogen-bond donors (Lipinski definition) is 1. The smallest absolute Gasteiger partial charge is 0.232 e. The van der Waals surface area contributed by atoms with Crippen LogP contribution < -0.4 is 5.32 Å². The van der Waals surface area contributed by atoms with Crippen molar-refractivity contribution in [3.63, 3.8) is 0 Å². The van der Waals surface area contributed by atoms with E-state index in [2.05, 4.69) is 5.32 Å². The molecule has 100 valence electrons. The predicted octanol–water partition coefficient (Wildman–Crippen LogP) is 1.78. The van der Waals surface area contributed by atoms with Crippen molar-refractivity contribution < 1.29 is 9.18 Å². The first-order valence-corrected chi connectivity index (χ1v) is 6.06. The van der Waals surface area contributed by atoms with Gasteiger partial charge in [0.25, 0.3) is 0 Å². The van der Waals surface area contributed by atoms with E-state index in [1.807, 2.05) is 20.9 Å². The summed E-state index contributed by atoms with van der Waals surface area (Å²) < 4.78 is 12.9. The SMILES string of the molecule is CNCCN(C)C(=O)C(C)(C)c1ccc(F)cc1. The van der Waals surface area contributed by atoms with Crippen LogP contribution in [0.4, 0.5) is 4.39 Å². The van der Waals surface area contributed by atoms with Crippen LogP contribution >= 0.6 is 0 Å². The Hall–Kier alpha value is -1.42. The van der Waals surface area contributed by atoms with Crippen LogP contribution in [0, 0.1) is 5.82 Å². The van der Waals surface area contributed by atoms with Crippen molar-refractivity contribution in [2.24, 2.45) is 0 Å². The average molecular weight is 252 g/mol. The second kappa shape index (κ2) is 5.96. The van der Waals surface area contributed by atoms with Gasteiger partial charge >= 0.3 is 0 Å². The highest BCUT2D eigenvalue weighted by Crippen LogP contribution is 2.25. The first kappa shape index (κ1) is 14.6. The van der Waals surface area contributed by atoms with E-state index in [1.54, 1.807) is 24.1 Å². The zero-order valence-electron chi connectivity index (χ0n) is 11.5. The van der Waals surface area contributed by atoms with Gasteiger partial charge in [0.2, 0.25) is 5.91 Å². The highest BCUT2D eigenvalue weighted by Gasteiger charge is 2.32. The molecule has 0 saturated carbocycles.